The number of benzene rings is 3. The van der Waals surface area contributed by atoms with E-state index >= 15 is 0 Å². The van der Waals surface area contributed by atoms with Crippen LogP contribution in [0.2, 0.25) is 15.1 Å². The van der Waals surface area contributed by atoms with E-state index in [-0.39, 0.29) is 54.3 Å². The Labute approximate surface area is 247 Å². The molecule has 0 spiro atoms. The fourth-order valence-electron chi connectivity index (χ4n) is 4.37. The van der Waals surface area contributed by atoms with Gasteiger partial charge in [0.15, 0.2) is 0 Å². The molecule has 4 rings (SSSR count). The molecule has 1 heterocycles. The Balaban J connectivity index is 1.37. The number of nitrogens with zero attached hydrogens (tertiary/aromatic N) is 3. The van der Waals surface area contributed by atoms with Crippen LogP contribution in [0, 0.1) is 0 Å². The molecule has 0 atom stereocenters. The van der Waals surface area contributed by atoms with E-state index in [4.69, 9.17) is 34.8 Å². The molecule has 4 amide bonds. The quantitative estimate of drug-likeness (QED) is 0.392. The van der Waals surface area contributed by atoms with Gasteiger partial charge in [-0.1, -0.05) is 65.1 Å². The molecule has 208 valence electrons. The average Bonchev–Trinajstić information content (AvgIpc) is 2.95. The molecule has 0 saturated carbocycles. The van der Waals surface area contributed by atoms with Crippen LogP contribution >= 0.6 is 34.8 Å². The summed E-state index contributed by atoms with van der Waals surface area (Å²) in [6.45, 7) is 3.59. The zero-order chi connectivity index (χ0) is 28.8. The Kier molecular flexibility index (Phi) is 9.68. The van der Waals surface area contributed by atoms with Crippen LogP contribution in [0.1, 0.15) is 33.2 Å². The van der Waals surface area contributed by atoms with Crippen molar-refractivity contribution >= 4 is 64.1 Å². The van der Waals surface area contributed by atoms with E-state index in [1.165, 1.54) is 35.2 Å². The highest BCUT2D eigenvalue weighted by Gasteiger charge is 2.29. The van der Waals surface area contributed by atoms with Gasteiger partial charge < -0.3 is 20.0 Å². The van der Waals surface area contributed by atoms with Gasteiger partial charge in [0.1, 0.15) is 0 Å². The number of halogens is 3. The highest BCUT2D eigenvalue weighted by molar-refractivity contribution is 6.40. The summed E-state index contributed by atoms with van der Waals surface area (Å²) < 4.78 is 0. The first-order valence-corrected chi connectivity index (χ1v) is 13.8. The molecule has 0 unspecified atom stereocenters. The van der Waals surface area contributed by atoms with Gasteiger partial charge in [-0.15, -0.1) is 0 Å². The van der Waals surface area contributed by atoms with Crippen LogP contribution in [0.3, 0.4) is 0 Å². The van der Waals surface area contributed by atoms with Crippen molar-refractivity contribution in [2.24, 2.45) is 0 Å². The van der Waals surface area contributed by atoms with Gasteiger partial charge in [-0.3, -0.25) is 19.2 Å². The summed E-state index contributed by atoms with van der Waals surface area (Å²) in [6, 6.07) is 18.7. The Bertz CT molecular complexity index is 1410. The Morgan fingerprint density at radius 3 is 2.08 bits per heavy atom. The molecule has 0 aromatic heterocycles. The maximum absolute atomic E-state index is 13.3. The zero-order valence-electron chi connectivity index (χ0n) is 21.7. The number of hydrogen-bond donors (Lipinski definition) is 1. The van der Waals surface area contributed by atoms with Gasteiger partial charge in [0, 0.05) is 60.6 Å². The second kappa shape index (κ2) is 13.2. The van der Waals surface area contributed by atoms with Gasteiger partial charge in [0.05, 0.1) is 10.6 Å². The van der Waals surface area contributed by atoms with Gasteiger partial charge >= 0.3 is 11.8 Å². The molecule has 0 bridgehead atoms. The van der Waals surface area contributed by atoms with Crippen LogP contribution in [-0.2, 0) is 16.1 Å². The molecular formula is C29H27Cl3N4O4. The van der Waals surface area contributed by atoms with Crippen molar-refractivity contribution in [2.45, 2.75) is 13.5 Å². The standard InChI is InChI=1S/C29H27Cl3N4O4/c1-2-34(18-19-6-4-3-5-7-19)28(39)24-17-23(8-9-25(24)32)33-26(37)29(40)36-12-10-35(11-13-36)27(38)20-14-21(30)16-22(31)15-20/h3-9,14-17H,2,10-13,18H2,1H3,(H,33,37). The molecule has 1 N–H and O–H groups in total. The summed E-state index contributed by atoms with van der Waals surface area (Å²) in [5, 5.41) is 3.52. The summed E-state index contributed by atoms with van der Waals surface area (Å²) >= 11 is 18.4. The number of hydrogen-bond acceptors (Lipinski definition) is 4. The van der Waals surface area contributed by atoms with Crippen LogP contribution < -0.4 is 5.32 Å². The highest BCUT2D eigenvalue weighted by atomic mass is 35.5. The third kappa shape index (κ3) is 7.13. The molecule has 40 heavy (non-hydrogen) atoms. The average molecular weight is 602 g/mol. The summed E-state index contributed by atoms with van der Waals surface area (Å²) in [5.74, 6) is -2.13. The molecule has 8 nitrogen and oxygen atoms in total. The highest BCUT2D eigenvalue weighted by Crippen LogP contribution is 2.24. The minimum Gasteiger partial charge on any atom is -0.335 e. The Hall–Kier alpha value is -3.59. The van der Waals surface area contributed by atoms with Crippen LogP contribution in [0.25, 0.3) is 0 Å². The van der Waals surface area contributed by atoms with Gasteiger partial charge in [-0.25, -0.2) is 0 Å². The van der Waals surface area contributed by atoms with E-state index < -0.39 is 11.8 Å². The fourth-order valence-corrected chi connectivity index (χ4v) is 5.09. The number of nitrogens with one attached hydrogen (secondary N) is 1. The van der Waals surface area contributed by atoms with Crippen molar-refractivity contribution in [1.29, 1.82) is 0 Å². The second-order valence-electron chi connectivity index (χ2n) is 9.20. The van der Waals surface area contributed by atoms with Crippen molar-refractivity contribution < 1.29 is 19.2 Å². The third-order valence-corrected chi connectivity index (χ3v) is 7.26. The van der Waals surface area contributed by atoms with Crippen molar-refractivity contribution in [2.75, 3.05) is 38.0 Å². The molecule has 11 heteroatoms. The zero-order valence-corrected chi connectivity index (χ0v) is 24.0. The summed E-state index contributed by atoms with van der Waals surface area (Å²) in [4.78, 5) is 56.3. The van der Waals surface area contributed by atoms with Crippen LogP contribution in [0.4, 0.5) is 5.69 Å². The summed E-state index contributed by atoms with van der Waals surface area (Å²) in [6.07, 6.45) is 0. The van der Waals surface area contributed by atoms with E-state index in [1.54, 1.807) is 15.9 Å². The van der Waals surface area contributed by atoms with Crippen LogP contribution in [0.5, 0.6) is 0 Å². The number of carbonyl (C=O) groups excluding carboxylic acids is 4. The molecule has 1 saturated heterocycles. The predicted molar refractivity (Wildman–Crippen MR) is 156 cm³/mol. The second-order valence-corrected chi connectivity index (χ2v) is 10.5. The summed E-state index contributed by atoms with van der Waals surface area (Å²) in [5.41, 5.74) is 1.82. The maximum atomic E-state index is 13.3. The topological polar surface area (TPSA) is 90.0 Å². The minimum absolute atomic E-state index is 0.182. The van der Waals surface area contributed by atoms with Crippen molar-refractivity contribution in [3.05, 3.63) is 98.5 Å². The first-order valence-electron chi connectivity index (χ1n) is 12.6. The number of carbonyl (C=O) groups is 4. The van der Waals surface area contributed by atoms with Crippen LogP contribution in [0.15, 0.2) is 66.7 Å². The largest absolute Gasteiger partial charge is 0.335 e. The van der Waals surface area contributed by atoms with Crippen LogP contribution in [-0.4, -0.2) is 71.1 Å². The number of anilines is 1. The predicted octanol–water partition coefficient (Wildman–Crippen LogP) is 5.23. The molecule has 1 fully saturated rings. The lowest BCUT2D eigenvalue weighted by molar-refractivity contribution is -0.144. The minimum atomic E-state index is -0.848. The Morgan fingerprint density at radius 2 is 1.45 bits per heavy atom. The number of amides is 4. The molecule has 1 aliphatic heterocycles. The maximum Gasteiger partial charge on any atom is 0.313 e. The SMILES string of the molecule is CCN(Cc1ccccc1)C(=O)c1cc(NC(=O)C(=O)N2CCN(C(=O)c3cc(Cl)cc(Cl)c3)CC2)ccc1Cl. The van der Waals surface area contributed by atoms with Crippen molar-refractivity contribution in [3.63, 3.8) is 0 Å². The van der Waals surface area contributed by atoms with E-state index in [1.807, 2.05) is 37.3 Å². The van der Waals surface area contributed by atoms with Gasteiger partial charge in [-0.05, 0) is 48.9 Å². The monoisotopic (exact) mass is 600 g/mol. The first-order chi connectivity index (χ1) is 19.2. The number of rotatable bonds is 6. The molecule has 1 aliphatic rings. The lowest BCUT2D eigenvalue weighted by atomic mass is 10.1. The summed E-state index contributed by atoms with van der Waals surface area (Å²) in [7, 11) is 0. The van der Waals surface area contributed by atoms with E-state index in [9.17, 15) is 19.2 Å². The van der Waals surface area contributed by atoms with Crippen molar-refractivity contribution in [3.8, 4) is 0 Å². The molecular weight excluding hydrogens is 575 g/mol. The fraction of sp³-hybridized carbons (Fsp3) is 0.241. The number of piperazine rings is 1. The van der Waals surface area contributed by atoms with E-state index in [0.29, 0.717) is 28.7 Å². The normalized spacial score (nSPS) is 13.1. The molecule has 3 aromatic rings. The van der Waals surface area contributed by atoms with Gasteiger partial charge in [0.25, 0.3) is 11.8 Å². The van der Waals surface area contributed by atoms with Gasteiger partial charge in [0.2, 0.25) is 0 Å². The smallest absolute Gasteiger partial charge is 0.313 e. The molecule has 3 aromatic carbocycles. The Morgan fingerprint density at radius 1 is 0.825 bits per heavy atom. The first kappa shape index (κ1) is 29.4. The molecule has 0 aliphatic carbocycles. The van der Waals surface area contributed by atoms with Crippen molar-refractivity contribution in [1.82, 2.24) is 14.7 Å². The van der Waals surface area contributed by atoms with E-state index in [0.717, 1.165) is 5.56 Å². The lowest BCUT2D eigenvalue weighted by Gasteiger charge is -2.34. The third-order valence-electron chi connectivity index (χ3n) is 6.50. The van der Waals surface area contributed by atoms with E-state index in [2.05, 4.69) is 5.32 Å². The lowest BCUT2D eigenvalue weighted by Crippen LogP contribution is -2.53. The molecule has 0 radical (unpaired) electrons. The van der Waals surface area contributed by atoms with Gasteiger partial charge in [-0.2, -0.15) is 0 Å².